The average molecular weight is 431 g/mol. The average Bonchev–Trinajstić information content (AvgIpc) is 2.73. The highest BCUT2D eigenvalue weighted by Gasteiger charge is 2.32. The summed E-state index contributed by atoms with van der Waals surface area (Å²) in [5.74, 6) is -0.247. The van der Waals surface area contributed by atoms with Gasteiger partial charge in [0.2, 0.25) is 10.0 Å². The number of carbonyl (C=O) groups excluding carboxylic acids is 1. The van der Waals surface area contributed by atoms with E-state index in [0.29, 0.717) is 18.7 Å². The van der Waals surface area contributed by atoms with E-state index in [9.17, 15) is 13.2 Å². The minimum atomic E-state index is -3.63. The van der Waals surface area contributed by atoms with E-state index >= 15 is 0 Å². The Balaban J connectivity index is 1.80. The highest BCUT2D eigenvalue weighted by Crippen LogP contribution is 2.25. The van der Waals surface area contributed by atoms with Crippen LogP contribution in [0.2, 0.25) is 0 Å². The van der Waals surface area contributed by atoms with Gasteiger partial charge in [0, 0.05) is 24.3 Å². The fourth-order valence-electron chi connectivity index (χ4n) is 3.84. The molecule has 1 N–H and O–H groups in total. The zero-order valence-corrected chi connectivity index (χ0v) is 18.8. The lowest BCUT2D eigenvalue weighted by molar-refractivity contribution is -0.0440. The van der Waals surface area contributed by atoms with Crippen LogP contribution in [-0.4, -0.2) is 43.9 Å². The number of nitrogens with one attached hydrogen (secondary N) is 1. The van der Waals surface area contributed by atoms with Gasteiger partial charge in [0.05, 0.1) is 17.1 Å². The Morgan fingerprint density at radius 3 is 2.03 bits per heavy atom. The molecule has 1 fully saturated rings. The summed E-state index contributed by atoms with van der Waals surface area (Å²) in [5.41, 5.74) is 3.43. The number of para-hydroxylation sites is 1. The van der Waals surface area contributed by atoms with Crippen LogP contribution in [0.4, 0.5) is 5.69 Å². The molecule has 7 heteroatoms. The number of sulfonamides is 1. The van der Waals surface area contributed by atoms with Gasteiger partial charge >= 0.3 is 0 Å². The lowest BCUT2D eigenvalue weighted by Gasteiger charge is -2.34. The highest BCUT2D eigenvalue weighted by atomic mass is 32.2. The largest absolute Gasteiger partial charge is 0.373 e. The molecule has 30 heavy (non-hydrogen) atoms. The molecule has 1 aliphatic heterocycles. The van der Waals surface area contributed by atoms with Crippen molar-refractivity contribution in [2.24, 2.45) is 0 Å². The minimum Gasteiger partial charge on any atom is -0.373 e. The van der Waals surface area contributed by atoms with Crippen LogP contribution in [0.5, 0.6) is 0 Å². The molecule has 0 aromatic heterocycles. The van der Waals surface area contributed by atoms with E-state index in [4.69, 9.17) is 4.74 Å². The fourth-order valence-corrected chi connectivity index (χ4v) is 5.43. The van der Waals surface area contributed by atoms with Gasteiger partial charge in [-0.05, 0) is 62.1 Å². The number of morpholine rings is 1. The Labute approximate surface area is 179 Å². The lowest BCUT2D eigenvalue weighted by Crippen LogP contribution is -2.48. The number of ether oxygens (including phenoxy) is 1. The summed E-state index contributed by atoms with van der Waals surface area (Å²) < 4.78 is 33.1. The van der Waals surface area contributed by atoms with E-state index in [1.807, 2.05) is 32.0 Å². The van der Waals surface area contributed by atoms with E-state index in [1.165, 1.54) is 16.4 Å². The second-order valence-electron chi connectivity index (χ2n) is 7.72. The van der Waals surface area contributed by atoms with E-state index < -0.39 is 10.0 Å². The van der Waals surface area contributed by atoms with Crippen molar-refractivity contribution in [3.8, 4) is 0 Å². The van der Waals surface area contributed by atoms with Gasteiger partial charge in [-0.15, -0.1) is 0 Å². The minimum absolute atomic E-state index is 0.153. The number of hydrogen-bond acceptors (Lipinski definition) is 4. The van der Waals surface area contributed by atoms with Gasteiger partial charge in [-0.25, -0.2) is 8.42 Å². The molecule has 2 aromatic carbocycles. The standard InChI is InChI=1S/C23H30N2O4S/c1-5-18-8-7-9-19(6-2)22(18)24-23(26)20-10-12-21(13-11-20)30(27,28)25-14-16(3)29-17(4)15-25/h7-13,16-17H,5-6,14-15H2,1-4H3,(H,24,26). The quantitative estimate of drug-likeness (QED) is 0.755. The van der Waals surface area contributed by atoms with E-state index in [0.717, 1.165) is 29.7 Å². The SMILES string of the molecule is CCc1cccc(CC)c1NC(=O)c1ccc(S(=O)(=O)N2CC(C)OC(C)C2)cc1. The first kappa shape index (κ1) is 22.5. The molecule has 0 spiro atoms. The summed E-state index contributed by atoms with van der Waals surface area (Å²) in [6, 6.07) is 12.2. The molecule has 6 nitrogen and oxygen atoms in total. The van der Waals surface area contributed by atoms with Crippen molar-refractivity contribution >= 4 is 21.6 Å². The van der Waals surface area contributed by atoms with Gasteiger partial charge in [0.1, 0.15) is 0 Å². The summed E-state index contributed by atoms with van der Waals surface area (Å²) in [6.07, 6.45) is 1.33. The number of carbonyl (C=O) groups is 1. The van der Waals surface area contributed by atoms with Crippen LogP contribution in [-0.2, 0) is 27.6 Å². The molecule has 3 rings (SSSR count). The van der Waals surface area contributed by atoms with Gasteiger partial charge in [0.15, 0.2) is 0 Å². The molecule has 1 saturated heterocycles. The second-order valence-corrected chi connectivity index (χ2v) is 9.65. The Morgan fingerprint density at radius 2 is 1.53 bits per heavy atom. The Hall–Kier alpha value is -2.22. The Morgan fingerprint density at radius 1 is 1.00 bits per heavy atom. The van der Waals surface area contributed by atoms with Gasteiger partial charge < -0.3 is 10.1 Å². The van der Waals surface area contributed by atoms with Crippen LogP contribution in [0.3, 0.4) is 0 Å². The van der Waals surface area contributed by atoms with Crippen LogP contribution in [0, 0.1) is 0 Å². The summed E-state index contributed by atoms with van der Waals surface area (Å²) >= 11 is 0. The normalized spacial score (nSPS) is 20.1. The van der Waals surface area contributed by atoms with Gasteiger partial charge in [-0.2, -0.15) is 4.31 Å². The fraction of sp³-hybridized carbons (Fsp3) is 0.435. The molecular formula is C23H30N2O4S. The number of hydrogen-bond donors (Lipinski definition) is 1. The van der Waals surface area contributed by atoms with E-state index in [1.54, 1.807) is 12.1 Å². The summed E-state index contributed by atoms with van der Waals surface area (Å²) in [7, 11) is -3.63. The molecule has 0 bridgehead atoms. The first-order valence-electron chi connectivity index (χ1n) is 10.4. The second kappa shape index (κ2) is 9.29. The molecule has 2 unspecified atom stereocenters. The number of amides is 1. The Kier molecular flexibility index (Phi) is 6.95. The molecule has 1 heterocycles. The smallest absolute Gasteiger partial charge is 0.255 e. The van der Waals surface area contributed by atoms with Crippen molar-refractivity contribution in [2.75, 3.05) is 18.4 Å². The highest BCUT2D eigenvalue weighted by molar-refractivity contribution is 7.89. The Bertz CT molecular complexity index is 970. The van der Waals surface area contributed by atoms with Crippen LogP contribution < -0.4 is 5.32 Å². The van der Waals surface area contributed by atoms with Crippen LogP contribution in [0.25, 0.3) is 0 Å². The van der Waals surface area contributed by atoms with Crippen molar-refractivity contribution in [2.45, 2.75) is 57.6 Å². The molecule has 1 amide bonds. The maximum Gasteiger partial charge on any atom is 0.255 e. The van der Waals surface area contributed by atoms with Crippen LogP contribution in [0.15, 0.2) is 47.4 Å². The van der Waals surface area contributed by atoms with Gasteiger partial charge in [0.25, 0.3) is 5.91 Å². The van der Waals surface area contributed by atoms with E-state index in [-0.39, 0.29) is 23.0 Å². The van der Waals surface area contributed by atoms with E-state index in [2.05, 4.69) is 19.2 Å². The number of nitrogens with zero attached hydrogens (tertiary/aromatic N) is 1. The first-order chi connectivity index (χ1) is 14.3. The van der Waals surface area contributed by atoms with Crippen molar-refractivity contribution < 1.29 is 17.9 Å². The monoisotopic (exact) mass is 430 g/mol. The predicted molar refractivity (Wildman–Crippen MR) is 118 cm³/mol. The molecule has 0 saturated carbocycles. The molecule has 0 radical (unpaired) electrons. The van der Waals surface area contributed by atoms with Crippen molar-refractivity contribution in [3.05, 3.63) is 59.2 Å². The number of rotatable bonds is 6. The number of aryl methyl sites for hydroxylation is 2. The zero-order chi connectivity index (χ0) is 21.9. The summed E-state index contributed by atoms with van der Waals surface area (Å²) in [6.45, 7) is 8.48. The number of anilines is 1. The molecular weight excluding hydrogens is 400 g/mol. The number of benzene rings is 2. The first-order valence-corrected chi connectivity index (χ1v) is 11.9. The topological polar surface area (TPSA) is 75.7 Å². The zero-order valence-electron chi connectivity index (χ0n) is 18.0. The van der Waals surface area contributed by atoms with Crippen LogP contribution >= 0.6 is 0 Å². The molecule has 162 valence electrons. The van der Waals surface area contributed by atoms with Crippen molar-refractivity contribution in [1.82, 2.24) is 4.31 Å². The van der Waals surface area contributed by atoms with Crippen LogP contribution in [0.1, 0.15) is 49.2 Å². The molecule has 2 aromatic rings. The molecule has 0 aliphatic carbocycles. The maximum atomic E-state index is 13.0. The summed E-state index contributed by atoms with van der Waals surface area (Å²) in [5, 5.41) is 3.02. The predicted octanol–water partition coefficient (Wildman–Crippen LogP) is 3.86. The maximum absolute atomic E-state index is 13.0. The molecule has 1 aliphatic rings. The van der Waals surface area contributed by atoms with Crippen molar-refractivity contribution in [1.29, 1.82) is 0 Å². The van der Waals surface area contributed by atoms with Crippen molar-refractivity contribution in [3.63, 3.8) is 0 Å². The lowest BCUT2D eigenvalue weighted by atomic mass is 10.0. The summed E-state index contributed by atoms with van der Waals surface area (Å²) in [4.78, 5) is 13.0. The van der Waals surface area contributed by atoms with Gasteiger partial charge in [-0.1, -0.05) is 32.0 Å². The third kappa shape index (κ3) is 4.74. The van der Waals surface area contributed by atoms with Gasteiger partial charge in [-0.3, -0.25) is 4.79 Å². The third-order valence-corrected chi connectivity index (χ3v) is 7.22. The molecule has 2 atom stereocenters. The third-order valence-electron chi connectivity index (χ3n) is 5.38.